The van der Waals surface area contributed by atoms with E-state index in [0.29, 0.717) is 37.3 Å². The molecule has 2 aliphatic heterocycles. The quantitative estimate of drug-likeness (QED) is 0.617. The van der Waals surface area contributed by atoms with Crippen LogP contribution in [0, 0.1) is 0 Å². The number of benzene rings is 2. The van der Waals surface area contributed by atoms with Crippen LogP contribution >= 0.6 is 0 Å². The molecule has 156 valence electrons. The lowest BCUT2D eigenvalue weighted by Gasteiger charge is -2.36. The molecule has 31 heavy (non-hydrogen) atoms. The molecule has 4 amide bonds. The molecule has 2 saturated heterocycles. The molecule has 0 bridgehead atoms. The molecule has 0 radical (unpaired) electrons. The fourth-order valence-electron chi connectivity index (χ4n) is 4.46. The highest BCUT2D eigenvalue weighted by atomic mass is 16.2. The lowest BCUT2D eigenvalue weighted by Crippen LogP contribution is -2.48. The molecular weight excluding hydrogens is 392 g/mol. The molecule has 7 heteroatoms. The van der Waals surface area contributed by atoms with E-state index >= 15 is 0 Å². The van der Waals surface area contributed by atoms with Crippen molar-refractivity contribution in [3.63, 3.8) is 0 Å². The number of hydrogen-bond donors (Lipinski definition) is 0. The largest absolute Gasteiger partial charge is 0.337 e. The molecule has 7 nitrogen and oxygen atoms in total. The van der Waals surface area contributed by atoms with Crippen molar-refractivity contribution < 1.29 is 14.4 Å². The second-order valence-electron chi connectivity index (χ2n) is 7.88. The molecule has 0 N–H and O–H groups in total. The first-order valence-corrected chi connectivity index (χ1v) is 10.4. The van der Waals surface area contributed by atoms with Crippen molar-refractivity contribution in [1.29, 1.82) is 0 Å². The van der Waals surface area contributed by atoms with Gasteiger partial charge in [-0.2, -0.15) is 0 Å². The highest BCUT2D eigenvalue weighted by Gasteiger charge is 2.41. The summed E-state index contributed by atoms with van der Waals surface area (Å²) in [5.41, 5.74) is 1.05. The number of likely N-dealkylation sites (tertiary alicyclic amines) is 1. The van der Waals surface area contributed by atoms with Gasteiger partial charge in [-0.15, -0.1) is 0 Å². The van der Waals surface area contributed by atoms with Crippen LogP contribution < -0.4 is 4.90 Å². The van der Waals surface area contributed by atoms with Gasteiger partial charge in [0, 0.05) is 30.7 Å². The van der Waals surface area contributed by atoms with Crippen LogP contribution in [0.4, 0.5) is 10.5 Å². The van der Waals surface area contributed by atoms with Gasteiger partial charge in [0.25, 0.3) is 11.8 Å². The van der Waals surface area contributed by atoms with Gasteiger partial charge in [-0.25, -0.2) is 9.69 Å². The zero-order chi connectivity index (χ0) is 21.4. The topological polar surface area (TPSA) is 73.8 Å². The first-order chi connectivity index (χ1) is 15.1. The van der Waals surface area contributed by atoms with Gasteiger partial charge >= 0.3 is 6.03 Å². The normalized spacial score (nSPS) is 17.6. The summed E-state index contributed by atoms with van der Waals surface area (Å²) in [5.74, 6) is -0.306. The van der Waals surface area contributed by atoms with E-state index in [4.69, 9.17) is 0 Å². The van der Waals surface area contributed by atoms with Crippen LogP contribution in [0.15, 0.2) is 66.9 Å². The third kappa shape index (κ3) is 3.42. The number of imide groups is 1. The number of anilines is 1. The number of aromatic nitrogens is 1. The molecular formula is C24H22N4O3. The maximum Gasteiger partial charge on any atom is 0.332 e. The second-order valence-corrected chi connectivity index (χ2v) is 7.88. The third-order valence-electron chi connectivity index (χ3n) is 6.08. The number of carbonyl (C=O) groups excluding carboxylic acids is 3. The molecule has 1 aromatic heterocycles. The highest BCUT2D eigenvalue weighted by molar-refractivity contribution is 6.19. The Morgan fingerprint density at radius 2 is 1.61 bits per heavy atom. The summed E-state index contributed by atoms with van der Waals surface area (Å²) in [7, 11) is 0. The number of nitrogens with zero attached hydrogens (tertiary/aromatic N) is 4. The monoisotopic (exact) mass is 414 g/mol. The predicted molar refractivity (Wildman–Crippen MR) is 117 cm³/mol. The molecule has 0 atom stereocenters. The summed E-state index contributed by atoms with van der Waals surface area (Å²) in [6.07, 6.45) is 2.94. The van der Waals surface area contributed by atoms with E-state index in [-0.39, 0.29) is 30.4 Å². The maximum absolute atomic E-state index is 13.1. The number of piperidine rings is 1. The van der Waals surface area contributed by atoms with Crippen molar-refractivity contribution in [3.8, 4) is 0 Å². The molecule has 3 heterocycles. The molecule has 5 rings (SSSR count). The minimum absolute atomic E-state index is 0.0605. The molecule has 2 fully saturated rings. The van der Waals surface area contributed by atoms with Crippen LogP contribution in [0.3, 0.4) is 0 Å². The van der Waals surface area contributed by atoms with Crippen LogP contribution in [-0.4, -0.2) is 58.3 Å². The van der Waals surface area contributed by atoms with E-state index in [1.807, 2.05) is 48.5 Å². The van der Waals surface area contributed by atoms with Gasteiger partial charge in [0.05, 0.1) is 5.69 Å². The molecule has 2 aromatic carbocycles. The number of hydrogen-bond acceptors (Lipinski definition) is 4. The Kier molecular flexibility index (Phi) is 4.86. The molecule has 0 aliphatic carbocycles. The summed E-state index contributed by atoms with van der Waals surface area (Å²) < 4.78 is 0. The van der Waals surface area contributed by atoms with Crippen molar-refractivity contribution in [2.45, 2.75) is 18.9 Å². The van der Waals surface area contributed by atoms with Crippen LogP contribution in [0.25, 0.3) is 10.8 Å². The van der Waals surface area contributed by atoms with Crippen LogP contribution in [0.2, 0.25) is 0 Å². The summed E-state index contributed by atoms with van der Waals surface area (Å²) >= 11 is 0. The van der Waals surface area contributed by atoms with E-state index in [1.54, 1.807) is 28.1 Å². The van der Waals surface area contributed by atoms with Crippen molar-refractivity contribution in [2.24, 2.45) is 0 Å². The van der Waals surface area contributed by atoms with Crippen LogP contribution in [0.1, 0.15) is 23.3 Å². The fourth-order valence-corrected chi connectivity index (χ4v) is 4.46. The molecule has 0 spiro atoms. The Hall–Kier alpha value is -3.74. The number of rotatable bonds is 3. The average Bonchev–Trinajstić information content (AvgIpc) is 3.12. The molecule has 2 aliphatic rings. The van der Waals surface area contributed by atoms with Gasteiger partial charge in [-0.05, 0) is 36.4 Å². The number of para-hydroxylation sites is 1. The fraction of sp³-hybridized carbons (Fsp3) is 0.250. The molecule has 3 aromatic rings. The minimum Gasteiger partial charge on any atom is -0.337 e. The molecule has 0 unspecified atom stereocenters. The van der Waals surface area contributed by atoms with Gasteiger partial charge in [0.1, 0.15) is 12.2 Å². The third-order valence-corrected chi connectivity index (χ3v) is 6.08. The molecule has 0 saturated carbocycles. The van der Waals surface area contributed by atoms with Crippen molar-refractivity contribution >= 4 is 34.3 Å². The first-order valence-electron chi connectivity index (χ1n) is 10.4. The lowest BCUT2D eigenvalue weighted by molar-refractivity contribution is -0.116. The van der Waals surface area contributed by atoms with Gasteiger partial charge in [-0.3, -0.25) is 14.6 Å². The zero-order valence-corrected chi connectivity index (χ0v) is 17.0. The van der Waals surface area contributed by atoms with Gasteiger partial charge < -0.3 is 9.80 Å². The number of urea groups is 1. The van der Waals surface area contributed by atoms with Crippen LogP contribution in [0.5, 0.6) is 0 Å². The summed E-state index contributed by atoms with van der Waals surface area (Å²) in [5, 5.41) is 1.83. The number of amides is 4. The summed E-state index contributed by atoms with van der Waals surface area (Å²) in [6.45, 7) is 1.13. The number of fused-ring (bicyclic) bond motifs is 1. The van der Waals surface area contributed by atoms with Crippen molar-refractivity contribution in [1.82, 2.24) is 14.8 Å². The SMILES string of the molecule is O=C(c1nccc2ccccc12)N1CCC(N2CC(=O)N(c3ccccc3)C2=O)CC1. The lowest BCUT2D eigenvalue weighted by atomic mass is 10.0. The first kappa shape index (κ1) is 19.2. The number of pyridine rings is 1. The Labute approximate surface area is 179 Å². The summed E-state index contributed by atoms with van der Waals surface area (Å²) in [4.78, 5) is 47.6. The van der Waals surface area contributed by atoms with Crippen molar-refractivity contribution in [2.75, 3.05) is 24.5 Å². The van der Waals surface area contributed by atoms with E-state index < -0.39 is 0 Å². The Morgan fingerprint density at radius 1 is 0.903 bits per heavy atom. The van der Waals surface area contributed by atoms with Gasteiger partial charge in [0.2, 0.25) is 0 Å². The average molecular weight is 414 g/mol. The highest BCUT2D eigenvalue weighted by Crippen LogP contribution is 2.27. The predicted octanol–water partition coefficient (Wildman–Crippen LogP) is 3.31. The Balaban J connectivity index is 1.28. The standard InChI is InChI=1S/C24H22N4O3/c29-21-16-27(24(31)28(21)19-7-2-1-3-8-19)18-11-14-26(15-12-18)23(30)22-20-9-5-4-6-17(20)10-13-25-22/h1-10,13,18H,11-12,14-16H2. The van der Waals surface area contributed by atoms with Gasteiger partial charge in [-0.1, -0.05) is 42.5 Å². The Bertz CT molecular complexity index is 1150. The van der Waals surface area contributed by atoms with E-state index in [9.17, 15) is 14.4 Å². The van der Waals surface area contributed by atoms with Gasteiger partial charge in [0.15, 0.2) is 0 Å². The van der Waals surface area contributed by atoms with Crippen molar-refractivity contribution in [3.05, 3.63) is 72.6 Å². The smallest absolute Gasteiger partial charge is 0.332 e. The second kappa shape index (κ2) is 7.83. The van der Waals surface area contributed by atoms with E-state index in [0.717, 1.165) is 10.8 Å². The maximum atomic E-state index is 13.1. The van der Waals surface area contributed by atoms with Crippen LogP contribution in [-0.2, 0) is 4.79 Å². The Morgan fingerprint density at radius 3 is 2.39 bits per heavy atom. The zero-order valence-electron chi connectivity index (χ0n) is 17.0. The van der Waals surface area contributed by atoms with E-state index in [1.165, 1.54) is 4.90 Å². The number of carbonyl (C=O) groups is 3. The van der Waals surface area contributed by atoms with E-state index in [2.05, 4.69) is 4.98 Å². The minimum atomic E-state index is -0.281. The summed E-state index contributed by atoms with van der Waals surface area (Å²) in [6, 6.07) is 18.3.